The standard InChI is InChI=1S/C20H23FN2O5S/c1-2-29(25,26)23(17-9-10-18-19(12-17)28-14-27-18)13-20(24)22-11-3-4-15-5-7-16(21)8-6-15/h5-10,12H,2-4,11,13-14H2,1H3,(H,22,24). The molecule has 0 spiro atoms. The molecule has 0 fully saturated rings. The Kier molecular flexibility index (Phi) is 6.58. The average molecular weight is 422 g/mol. The van der Waals surface area contributed by atoms with E-state index in [9.17, 15) is 17.6 Å². The van der Waals surface area contributed by atoms with E-state index >= 15 is 0 Å². The lowest BCUT2D eigenvalue weighted by Crippen LogP contribution is -2.41. The first kappa shape index (κ1) is 20.9. The Bertz CT molecular complexity index is 963. The quantitative estimate of drug-likeness (QED) is 0.628. The first-order chi connectivity index (χ1) is 13.9. The number of sulfonamides is 1. The van der Waals surface area contributed by atoms with Gasteiger partial charge in [0.15, 0.2) is 11.5 Å². The minimum absolute atomic E-state index is 0.0772. The number of amides is 1. The van der Waals surface area contributed by atoms with Gasteiger partial charge in [0.1, 0.15) is 12.4 Å². The lowest BCUT2D eigenvalue weighted by atomic mass is 10.1. The van der Waals surface area contributed by atoms with Crippen LogP contribution >= 0.6 is 0 Å². The van der Waals surface area contributed by atoms with E-state index in [1.807, 2.05) is 0 Å². The first-order valence-corrected chi connectivity index (χ1v) is 10.9. The molecule has 29 heavy (non-hydrogen) atoms. The highest BCUT2D eigenvalue weighted by molar-refractivity contribution is 7.92. The Morgan fingerprint density at radius 2 is 1.86 bits per heavy atom. The largest absolute Gasteiger partial charge is 0.454 e. The van der Waals surface area contributed by atoms with Crippen molar-refractivity contribution < 1.29 is 27.1 Å². The van der Waals surface area contributed by atoms with Gasteiger partial charge in [0.05, 0.1) is 11.4 Å². The second-order valence-electron chi connectivity index (χ2n) is 6.52. The molecule has 1 aliphatic heterocycles. The van der Waals surface area contributed by atoms with Crippen LogP contribution in [0.3, 0.4) is 0 Å². The zero-order chi connectivity index (χ0) is 20.9. The van der Waals surface area contributed by atoms with Gasteiger partial charge in [-0.15, -0.1) is 0 Å². The number of anilines is 1. The molecule has 3 rings (SSSR count). The monoisotopic (exact) mass is 422 g/mol. The van der Waals surface area contributed by atoms with Crippen LogP contribution in [0, 0.1) is 5.82 Å². The van der Waals surface area contributed by atoms with Gasteiger partial charge in [-0.1, -0.05) is 12.1 Å². The van der Waals surface area contributed by atoms with E-state index in [-0.39, 0.29) is 24.9 Å². The second-order valence-corrected chi connectivity index (χ2v) is 8.71. The summed E-state index contributed by atoms with van der Waals surface area (Å²) in [5.74, 6) is 0.146. The maximum atomic E-state index is 12.9. The molecule has 1 N–H and O–H groups in total. The van der Waals surface area contributed by atoms with Crippen molar-refractivity contribution in [2.24, 2.45) is 0 Å². The van der Waals surface area contributed by atoms with Crippen molar-refractivity contribution in [1.82, 2.24) is 5.32 Å². The summed E-state index contributed by atoms with van der Waals surface area (Å²) in [4.78, 5) is 12.4. The van der Waals surface area contributed by atoms with Crippen LogP contribution in [-0.4, -0.2) is 40.0 Å². The zero-order valence-corrected chi connectivity index (χ0v) is 16.9. The molecule has 2 aromatic rings. The summed E-state index contributed by atoms with van der Waals surface area (Å²) in [7, 11) is -3.66. The van der Waals surface area contributed by atoms with Crippen molar-refractivity contribution >= 4 is 21.6 Å². The van der Waals surface area contributed by atoms with Crippen LogP contribution in [0.15, 0.2) is 42.5 Å². The summed E-state index contributed by atoms with van der Waals surface area (Å²) in [6.45, 7) is 1.66. The topological polar surface area (TPSA) is 84.9 Å². The molecule has 156 valence electrons. The molecular weight excluding hydrogens is 399 g/mol. The Hall–Kier alpha value is -2.81. The highest BCUT2D eigenvalue weighted by Crippen LogP contribution is 2.36. The fraction of sp³-hybridized carbons (Fsp3) is 0.350. The Morgan fingerprint density at radius 1 is 1.14 bits per heavy atom. The molecule has 1 heterocycles. The van der Waals surface area contributed by atoms with Crippen LogP contribution in [-0.2, 0) is 21.2 Å². The third-order valence-corrected chi connectivity index (χ3v) is 6.25. The Morgan fingerprint density at radius 3 is 2.59 bits per heavy atom. The van der Waals surface area contributed by atoms with Gasteiger partial charge < -0.3 is 14.8 Å². The lowest BCUT2D eigenvalue weighted by molar-refractivity contribution is -0.119. The number of fused-ring (bicyclic) bond motifs is 1. The summed E-state index contributed by atoms with van der Waals surface area (Å²) in [5.41, 5.74) is 1.31. The maximum Gasteiger partial charge on any atom is 0.240 e. The van der Waals surface area contributed by atoms with E-state index in [0.29, 0.717) is 36.6 Å². The summed E-state index contributed by atoms with van der Waals surface area (Å²) < 4.78 is 49.6. The molecule has 0 unspecified atom stereocenters. The molecule has 0 bridgehead atoms. The van der Waals surface area contributed by atoms with Gasteiger partial charge in [0.25, 0.3) is 0 Å². The van der Waals surface area contributed by atoms with Gasteiger partial charge in [0.2, 0.25) is 22.7 Å². The van der Waals surface area contributed by atoms with E-state index < -0.39 is 15.9 Å². The van der Waals surface area contributed by atoms with Crippen LogP contribution in [0.2, 0.25) is 0 Å². The number of carbonyl (C=O) groups is 1. The predicted octanol–water partition coefficient (Wildman–Crippen LogP) is 2.46. The van der Waals surface area contributed by atoms with Crippen molar-refractivity contribution in [2.45, 2.75) is 19.8 Å². The minimum Gasteiger partial charge on any atom is -0.454 e. The molecule has 1 aliphatic rings. The first-order valence-electron chi connectivity index (χ1n) is 9.30. The van der Waals surface area contributed by atoms with Gasteiger partial charge >= 0.3 is 0 Å². The molecule has 0 saturated heterocycles. The third kappa shape index (κ3) is 5.38. The van der Waals surface area contributed by atoms with Crippen LogP contribution < -0.4 is 19.1 Å². The van der Waals surface area contributed by atoms with Crippen molar-refractivity contribution in [1.29, 1.82) is 0 Å². The smallest absolute Gasteiger partial charge is 0.240 e. The Balaban J connectivity index is 1.59. The molecule has 0 saturated carbocycles. The van der Waals surface area contributed by atoms with E-state index in [4.69, 9.17) is 9.47 Å². The van der Waals surface area contributed by atoms with Crippen molar-refractivity contribution in [2.75, 3.05) is 29.9 Å². The number of carbonyl (C=O) groups excluding carboxylic acids is 1. The highest BCUT2D eigenvalue weighted by atomic mass is 32.2. The summed E-state index contributed by atoms with van der Waals surface area (Å²) in [6, 6.07) is 11.0. The normalized spacial score (nSPS) is 12.6. The number of aryl methyl sites for hydroxylation is 1. The van der Waals surface area contributed by atoms with E-state index in [2.05, 4.69) is 5.32 Å². The van der Waals surface area contributed by atoms with Gasteiger partial charge in [0, 0.05) is 12.6 Å². The molecule has 0 atom stereocenters. The zero-order valence-electron chi connectivity index (χ0n) is 16.1. The van der Waals surface area contributed by atoms with Gasteiger partial charge in [-0.25, -0.2) is 12.8 Å². The molecular formula is C20H23FN2O5S. The summed E-state index contributed by atoms with van der Waals surface area (Å²) in [5, 5.41) is 2.74. The predicted molar refractivity (Wildman–Crippen MR) is 107 cm³/mol. The van der Waals surface area contributed by atoms with Gasteiger partial charge in [-0.3, -0.25) is 9.10 Å². The molecule has 2 aromatic carbocycles. The van der Waals surface area contributed by atoms with Crippen LogP contribution in [0.25, 0.3) is 0 Å². The minimum atomic E-state index is -3.66. The molecule has 1 amide bonds. The number of ether oxygens (including phenoxy) is 2. The average Bonchev–Trinajstić information content (AvgIpc) is 3.18. The van der Waals surface area contributed by atoms with Crippen LogP contribution in [0.5, 0.6) is 11.5 Å². The van der Waals surface area contributed by atoms with E-state index in [0.717, 1.165) is 9.87 Å². The maximum absolute atomic E-state index is 12.9. The SMILES string of the molecule is CCS(=O)(=O)N(CC(=O)NCCCc1ccc(F)cc1)c1ccc2c(c1)OCO2. The molecule has 9 heteroatoms. The fourth-order valence-corrected chi connectivity index (χ4v) is 3.96. The van der Waals surface area contributed by atoms with E-state index in [1.165, 1.54) is 19.1 Å². The van der Waals surface area contributed by atoms with Crippen LogP contribution in [0.4, 0.5) is 10.1 Å². The van der Waals surface area contributed by atoms with Gasteiger partial charge in [-0.05, 0) is 49.6 Å². The number of halogens is 1. The number of rotatable bonds is 9. The fourth-order valence-electron chi connectivity index (χ4n) is 2.90. The lowest BCUT2D eigenvalue weighted by Gasteiger charge is -2.23. The van der Waals surface area contributed by atoms with Crippen LogP contribution in [0.1, 0.15) is 18.9 Å². The third-order valence-electron chi connectivity index (χ3n) is 4.51. The summed E-state index contributed by atoms with van der Waals surface area (Å²) >= 11 is 0. The molecule has 0 aromatic heterocycles. The summed E-state index contributed by atoms with van der Waals surface area (Å²) in [6.07, 6.45) is 1.33. The van der Waals surface area contributed by atoms with Crippen molar-refractivity contribution in [3.05, 3.63) is 53.8 Å². The molecule has 0 aliphatic carbocycles. The van der Waals surface area contributed by atoms with E-state index in [1.54, 1.807) is 30.3 Å². The number of nitrogens with zero attached hydrogens (tertiary/aromatic N) is 1. The number of benzene rings is 2. The number of hydrogen-bond donors (Lipinski definition) is 1. The highest BCUT2D eigenvalue weighted by Gasteiger charge is 2.25. The molecule has 7 nitrogen and oxygen atoms in total. The van der Waals surface area contributed by atoms with Crippen molar-refractivity contribution in [3.8, 4) is 11.5 Å². The molecule has 0 radical (unpaired) electrons. The Labute approximate surface area is 169 Å². The number of hydrogen-bond acceptors (Lipinski definition) is 5. The van der Waals surface area contributed by atoms with Crippen molar-refractivity contribution in [3.63, 3.8) is 0 Å². The number of nitrogens with one attached hydrogen (secondary N) is 1. The second kappa shape index (κ2) is 9.13. The van der Waals surface area contributed by atoms with Gasteiger partial charge in [-0.2, -0.15) is 0 Å².